The van der Waals surface area contributed by atoms with E-state index < -0.39 is 12.0 Å². The Kier molecular flexibility index (Phi) is 4.33. The molecule has 0 spiro atoms. The minimum atomic E-state index is -0.697. The third-order valence-electron chi connectivity index (χ3n) is 3.74. The first-order chi connectivity index (χ1) is 11.6. The number of amides is 1. The molecule has 1 atom stereocenters. The van der Waals surface area contributed by atoms with Crippen molar-refractivity contribution in [2.45, 2.75) is 13.0 Å². The SMILES string of the molecule is COc1nc2ccccc2cc1-c1cccc(OC(C)C(N)=O)c1. The standard InChI is InChI=1S/C19H18N2O3/c1-12(18(20)22)24-15-8-5-7-13(10-15)16-11-14-6-3-4-9-17(14)21-19(16)23-2/h3-12H,1-2H3,(H2,20,22). The predicted molar refractivity (Wildman–Crippen MR) is 93.0 cm³/mol. The fraction of sp³-hybridized carbons (Fsp3) is 0.158. The summed E-state index contributed by atoms with van der Waals surface area (Å²) >= 11 is 0. The Bertz CT molecular complexity index is 893. The van der Waals surface area contributed by atoms with E-state index in [4.69, 9.17) is 15.2 Å². The fourth-order valence-corrected chi connectivity index (χ4v) is 2.46. The molecule has 0 aliphatic heterocycles. The second-order valence-corrected chi connectivity index (χ2v) is 5.43. The van der Waals surface area contributed by atoms with Gasteiger partial charge in [0.15, 0.2) is 6.10 Å². The van der Waals surface area contributed by atoms with E-state index in [9.17, 15) is 4.79 Å². The second-order valence-electron chi connectivity index (χ2n) is 5.43. The quantitative estimate of drug-likeness (QED) is 0.783. The number of hydrogen-bond acceptors (Lipinski definition) is 4. The summed E-state index contributed by atoms with van der Waals surface area (Å²) in [6, 6.07) is 17.3. The smallest absolute Gasteiger partial charge is 0.258 e. The van der Waals surface area contributed by atoms with Gasteiger partial charge in [-0.15, -0.1) is 0 Å². The number of nitrogens with zero attached hydrogens (tertiary/aromatic N) is 1. The lowest BCUT2D eigenvalue weighted by Gasteiger charge is -2.13. The van der Waals surface area contributed by atoms with Gasteiger partial charge in [0, 0.05) is 10.9 Å². The van der Waals surface area contributed by atoms with Gasteiger partial charge < -0.3 is 15.2 Å². The Hall–Kier alpha value is -3.08. The van der Waals surface area contributed by atoms with Crippen molar-refractivity contribution < 1.29 is 14.3 Å². The topological polar surface area (TPSA) is 74.4 Å². The van der Waals surface area contributed by atoms with Gasteiger partial charge in [0.2, 0.25) is 5.88 Å². The van der Waals surface area contributed by atoms with Gasteiger partial charge in [-0.05, 0) is 36.8 Å². The Balaban J connectivity index is 2.05. The summed E-state index contributed by atoms with van der Waals surface area (Å²) in [6.45, 7) is 1.62. The molecule has 0 saturated carbocycles. The largest absolute Gasteiger partial charge is 0.481 e. The highest BCUT2D eigenvalue weighted by Gasteiger charge is 2.13. The Labute approximate surface area is 140 Å². The van der Waals surface area contributed by atoms with Crippen molar-refractivity contribution >= 4 is 16.8 Å². The molecule has 0 bridgehead atoms. The Morgan fingerprint density at radius 1 is 1.12 bits per heavy atom. The maximum absolute atomic E-state index is 11.2. The van der Waals surface area contributed by atoms with Crippen LogP contribution in [0.25, 0.3) is 22.0 Å². The van der Waals surface area contributed by atoms with Crippen molar-refractivity contribution in [3.8, 4) is 22.8 Å². The molecule has 3 aromatic rings. The van der Waals surface area contributed by atoms with Crippen LogP contribution in [0.2, 0.25) is 0 Å². The predicted octanol–water partition coefficient (Wildman–Crippen LogP) is 3.16. The number of pyridine rings is 1. The van der Waals surface area contributed by atoms with Gasteiger partial charge in [-0.25, -0.2) is 4.98 Å². The number of methoxy groups -OCH3 is 1. The molecule has 0 radical (unpaired) electrons. The molecule has 5 heteroatoms. The highest BCUT2D eigenvalue weighted by Crippen LogP contribution is 2.33. The van der Waals surface area contributed by atoms with E-state index in [-0.39, 0.29) is 0 Å². The summed E-state index contributed by atoms with van der Waals surface area (Å²) in [5.41, 5.74) is 7.86. The number of para-hydroxylation sites is 1. The maximum atomic E-state index is 11.2. The zero-order chi connectivity index (χ0) is 17.1. The van der Waals surface area contributed by atoms with Gasteiger partial charge in [0.1, 0.15) is 5.75 Å². The summed E-state index contributed by atoms with van der Waals surface area (Å²) in [5, 5.41) is 1.02. The van der Waals surface area contributed by atoms with Crippen LogP contribution in [0.3, 0.4) is 0 Å². The average molecular weight is 322 g/mol. The molecular weight excluding hydrogens is 304 g/mol. The van der Waals surface area contributed by atoms with Crippen LogP contribution in [0.4, 0.5) is 0 Å². The highest BCUT2D eigenvalue weighted by atomic mass is 16.5. The van der Waals surface area contributed by atoms with Crippen LogP contribution in [0.15, 0.2) is 54.6 Å². The van der Waals surface area contributed by atoms with E-state index in [2.05, 4.69) is 4.98 Å². The molecule has 0 aliphatic carbocycles. The molecule has 2 aromatic carbocycles. The molecular formula is C19H18N2O3. The lowest BCUT2D eigenvalue weighted by Crippen LogP contribution is -2.30. The van der Waals surface area contributed by atoms with Gasteiger partial charge in [0.25, 0.3) is 5.91 Å². The maximum Gasteiger partial charge on any atom is 0.258 e. The summed E-state index contributed by atoms with van der Waals surface area (Å²) in [6.07, 6.45) is -0.697. The summed E-state index contributed by atoms with van der Waals surface area (Å²) in [5.74, 6) is 0.591. The molecule has 1 unspecified atom stereocenters. The minimum absolute atomic E-state index is 0.509. The molecule has 24 heavy (non-hydrogen) atoms. The van der Waals surface area contributed by atoms with Crippen molar-refractivity contribution in [1.29, 1.82) is 0 Å². The first kappa shape index (κ1) is 15.8. The van der Waals surface area contributed by atoms with Gasteiger partial charge in [-0.3, -0.25) is 4.79 Å². The van der Waals surface area contributed by atoms with Crippen LogP contribution in [0.1, 0.15) is 6.92 Å². The van der Waals surface area contributed by atoms with Crippen LogP contribution in [0.5, 0.6) is 11.6 Å². The van der Waals surface area contributed by atoms with Crippen molar-refractivity contribution in [2.75, 3.05) is 7.11 Å². The zero-order valence-electron chi connectivity index (χ0n) is 13.5. The second kappa shape index (κ2) is 6.58. The van der Waals surface area contributed by atoms with Crippen molar-refractivity contribution in [3.05, 3.63) is 54.6 Å². The van der Waals surface area contributed by atoms with E-state index in [1.807, 2.05) is 48.5 Å². The number of carbonyl (C=O) groups excluding carboxylic acids is 1. The molecule has 1 heterocycles. The van der Waals surface area contributed by atoms with E-state index in [0.29, 0.717) is 11.6 Å². The van der Waals surface area contributed by atoms with E-state index >= 15 is 0 Å². The molecule has 1 amide bonds. The first-order valence-electron chi connectivity index (χ1n) is 7.58. The number of primary amides is 1. The Morgan fingerprint density at radius 3 is 2.67 bits per heavy atom. The molecule has 0 aliphatic rings. The summed E-state index contributed by atoms with van der Waals surface area (Å²) in [4.78, 5) is 15.7. The zero-order valence-corrected chi connectivity index (χ0v) is 13.5. The third-order valence-corrected chi connectivity index (χ3v) is 3.74. The molecule has 2 N–H and O–H groups in total. The normalized spacial score (nSPS) is 11.9. The van der Waals surface area contributed by atoms with Gasteiger partial charge in [-0.1, -0.05) is 30.3 Å². The number of fused-ring (bicyclic) bond motifs is 1. The van der Waals surface area contributed by atoms with Crippen molar-refractivity contribution in [3.63, 3.8) is 0 Å². The lowest BCUT2D eigenvalue weighted by atomic mass is 10.0. The number of carbonyl (C=O) groups is 1. The number of rotatable bonds is 5. The number of aromatic nitrogens is 1. The third kappa shape index (κ3) is 3.15. The van der Waals surface area contributed by atoms with Crippen LogP contribution in [-0.4, -0.2) is 24.1 Å². The lowest BCUT2D eigenvalue weighted by molar-refractivity contribution is -0.123. The number of hydrogen-bond donors (Lipinski definition) is 1. The summed E-state index contributed by atoms with van der Waals surface area (Å²) in [7, 11) is 1.59. The van der Waals surface area contributed by atoms with Crippen LogP contribution in [-0.2, 0) is 4.79 Å². The Morgan fingerprint density at radius 2 is 1.92 bits per heavy atom. The molecule has 3 rings (SSSR count). The molecule has 1 aromatic heterocycles. The van der Waals surface area contributed by atoms with Gasteiger partial charge >= 0.3 is 0 Å². The van der Waals surface area contributed by atoms with Crippen molar-refractivity contribution in [2.24, 2.45) is 5.73 Å². The van der Waals surface area contributed by atoms with E-state index in [1.165, 1.54) is 0 Å². The van der Waals surface area contributed by atoms with Crippen LogP contribution >= 0.6 is 0 Å². The minimum Gasteiger partial charge on any atom is -0.481 e. The highest BCUT2D eigenvalue weighted by molar-refractivity contribution is 5.86. The van der Waals surface area contributed by atoms with E-state index in [0.717, 1.165) is 22.0 Å². The van der Waals surface area contributed by atoms with Gasteiger partial charge in [0.05, 0.1) is 12.6 Å². The fourth-order valence-electron chi connectivity index (χ4n) is 2.46. The average Bonchev–Trinajstić information content (AvgIpc) is 2.60. The van der Waals surface area contributed by atoms with Crippen molar-refractivity contribution in [1.82, 2.24) is 4.98 Å². The molecule has 5 nitrogen and oxygen atoms in total. The summed E-state index contributed by atoms with van der Waals surface area (Å²) < 4.78 is 11.0. The monoisotopic (exact) mass is 322 g/mol. The number of nitrogens with two attached hydrogens (primary N) is 1. The van der Waals surface area contributed by atoms with Crippen LogP contribution < -0.4 is 15.2 Å². The van der Waals surface area contributed by atoms with Gasteiger partial charge in [-0.2, -0.15) is 0 Å². The number of ether oxygens (including phenoxy) is 2. The first-order valence-corrected chi connectivity index (χ1v) is 7.58. The molecule has 0 fully saturated rings. The van der Waals surface area contributed by atoms with Crippen LogP contribution in [0, 0.1) is 0 Å². The number of benzene rings is 2. The molecule has 122 valence electrons. The van der Waals surface area contributed by atoms with E-state index in [1.54, 1.807) is 20.1 Å². The molecule has 0 saturated heterocycles.